The second-order valence-corrected chi connectivity index (χ2v) is 7.32. The summed E-state index contributed by atoms with van der Waals surface area (Å²) in [6.07, 6.45) is 4.02. The Bertz CT molecular complexity index is 706. The number of hydrogen-bond acceptors (Lipinski definition) is 3. The number of carbonyl (C=O) groups excluding carboxylic acids is 1. The molecule has 2 fully saturated rings. The average Bonchev–Trinajstić information content (AvgIpc) is 2.65. The maximum Gasteiger partial charge on any atom is 0.223 e. The van der Waals surface area contributed by atoms with Crippen LogP contribution in [0, 0.1) is 17.6 Å². The van der Waals surface area contributed by atoms with E-state index in [1.54, 1.807) is 7.05 Å². The second kappa shape index (κ2) is 11.5. The van der Waals surface area contributed by atoms with Crippen LogP contribution in [-0.2, 0) is 4.79 Å². The van der Waals surface area contributed by atoms with E-state index in [2.05, 4.69) is 20.5 Å². The first kappa shape index (κ1) is 23.6. The van der Waals surface area contributed by atoms with E-state index in [9.17, 15) is 13.6 Å². The molecule has 6 nitrogen and oxygen atoms in total. The minimum absolute atomic E-state index is 0. The van der Waals surface area contributed by atoms with Crippen molar-refractivity contribution in [3.8, 4) is 0 Å². The van der Waals surface area contributed by atoms with E-state index in [-0.39, 0.29) is 35.8 Å². The summed E-state index contributed by atoms with van der Waals surface area (Å²) in [5.41, 5.74) is 0.310. The third-order valence-electron chi connectivity index (χ3n) is 5.45. The fourth-order valence-electron chi connectivity index (χ4n) is 3.53. The number of benzene rings is 1. The van der Waals surface area contributed by atoms with Gasteiger partial charge in [0.2, 0.25) is 5.91 Å². The molecular formula is C20H30F2IN5O. The highest BCUT2D eigenvalue weighted by Gasteiger charge is 2.24. The lowest BCUT2D eigenvalue weighted by Gasteiger charge is -2.37. The van der Waals surface area contributed by atoms with Crippen LogP contribution in [0.5, 0.6) is 0 Å². The molecule has 1 aromatic rings. The van der Waals surface area contributed by atoms with Crippen LogP contribution in [0.2, 0.25) is 0 Å². The van der Waals surface area contributed by atoms with Gasteiger partial charge in [0.15, 0.2) is 5.96 Å². The van der Waals surface area contributed by atoms with Crippen LogP contribution in [-0.4, -0.2) is 63.1 Å². The first-order valence-corrected chi connectivity index (χ1v) is 10.0. The minimum atomic E-state index is -0.430. The number of halogens is 3. The number of nitrogens with one attached hydrogen (secondary N) is 2. The summed E-state index contributed by atoms with van der Waals surface area (Å²) in [5.74, 6) is 0.364. The van der Waals surface area contributed by atoms with Crippen LogP contribution in [0.15, 0.2) is 23.2 Å². The zero-order valence-corrected chi connectivity index (χ0v) is 19.1. The number of carbonyl (C=O) groups is 1. The van der Waals surface area contributed by atoms with E-state index in [0.717, 1.165) is 44.3 Å². The molecule has 0 radical (unpaired) electrons. The highest BCUT2D eigenvalue weighted by atomic mass is 127. The molecule has 1 aliphatic carbocycles. The van der Waals surface area contributed by atoms with E-state index in [0.29, 0.717) is 38.4 Å². The van der Waals surface area contributed by atoms with Gasteiger partial charge in [-0.1, -0.05) is 6.42 Å². The Morgan fingerprint density at radius 1 is 1.14 bits per heavy atom. The predicted octanol–water partition coefficient (Wildman–Crippen LogP) is 2.59. The maximum absolute atomic E-state index is 14.0. The SMILES string of the molecule is CN=C(NCCCNC(=O)C1CCC1)N1CCN(c2cc(F)ccc2F)CC1.I. The molecule has 2 aliphatic rings. The van der Waals surface area contributed by atoms with Gasteiger partial charge in [-0.15, -0.1) is 24.0 Å². The molecule has 1 heterocycles. The average molecular weight is 521 g/mol. The van der Waals surface area contributed by atoms with Crippen molar-refractivity contribution < 1.29 is 13.6 Å². The molecule has 0 aromatic heterocycles. The molecule has 9 heteroatoms. The van der Waals surface area contributed by atoms with Crippen LogP contribution >= 0.6 is 24.0 Å². The summed E-state index contributed by atoms with van der Waals surface area (Å²) in [7, 11) is 1.74. The van der Waals surface area contributed by atoms with Crippen LogP contribution < -0.4 is 15.5 Å². The number of anilines is 1. The van der Waals surface area contributed by atoms with Crippen molar-refractivity contribution in [3.05, 3.63) is 29.8 Å². The molecule has 0 unspecified atom stereocenters. The van der Waals surface area contributed by atoms with Crippen molar-refractivity contribution in [2.45, 2.75) is 25.7 Å². The molecule has 1 aliphatic heterocycles. The van der Waals surface area contributed by atoms with E-state index in [1.165, 1.54) is 12.1 Å². The Kier molecular flexibility index (Phi) is 9.38. The summed E-state index contributed by atoms with van der Waals surface area (Å²) in [6, 6.07) is 3.55. The van der Waals surface area contributed by atoms with Crippen LogP contribution in [0.1, 0.15) is 25.7 Å². The van der Waals surface area contributed by atoms with Crippen molar-refractivity contribution in [2.24, 2.45) is 10.9 Å². The predicted molar refractivity (Wildman–Crippen MR) is 122 cm³/mol. The fraction of sp³-hybridized carbons (Fsp3) is 0.600. The largest absolute Gasteiger partial charge is 0.366 e. The molecule has 1 aromatic carbocycles. The Hall–Kier alpha value is -1.65. The summed E-state index contributed by atoms with van der Waals surface area (Å²) in [4.78, 5) is 20.1. The smallest absolute Gasteiger partial charge is 0.223 e. The Balaban J connectivity index is 0.00000300. The number of amides is 1. The van der Waals surface area contributed by atoms with Gasteiger partial charge >= 0.3 is 0 Å². The van der Waals surface area contributed by atoms with Crippen molar-refractivity contribution in [1.29, 1.82) is 0 Å². The van der Waals surface area contributed by atoms with Gasteiger partial charge in [0.25, 0.3) is 0 Å². The molecule has 29 heavy (non-hydrogen) atoms. The lowest BCUT2D eigenvalue weighted by Crippen LogP contribution is -2.53. The molecular weight excluding hydrogens is 491 g/mol. The van der Waals surface area contributed by atoms with Crippen molar-refractivity contribution in [3.63, 3.8) is 0 Å². The molecule has 1 saturated carbocycles. The summed E-state index contributed by atoms with van der Waals surface area (Å²) < 4.78 is 27.4. The van der Waals surface area contributed by atoms with Gasteiger partial charge in [-0.3, -0.25) is 9.79 Å². The zero-order chi connectivity index (χ0) is 19.9. The molecule has 0 spiro atoms. The Morgan fingerprint density at radius 2 is 1.83 bits per heavy atom. The normalized spacial score (nSPS) is 17.4. The second-order valence-electron chi connectivity index (χ2n) is 7.32. The molecule has 0 atom stereocenters. The van der Waals surface area contributed by atoms with Crippen molar-refractivity contribution >= 4 is 41.5 Å². The standard InChI is InChI=1S/C20H29F2N5O.HI/c1-23-20(25-9-3-8-24-19(28)15-4-2-5-15)27-12-10-26(11-13-27)18-14-16(21)6-7-17(18)22;/h6-7,14-15H,2-5,8-13H2,1H3,(H,23,25)(H,24,28);1H. The van der Waals surface area contributed by atoms with Gasteiger partial charge in [-0.05, 0) is 31.4 Å². The van der Waals surface area contributed by atoms with Crippen LogP contribution in [0.3, 0.4) is 0 Å². The third kappa shape index (κ3) is 6.42. The van der Waals surface area contributed by atoms with Gasteiger partial charge in [0.05, 0.1) is 5.69 Å². The third-order valence-corrected chi connectivity index (χ3v) is 5.45. The van der Waals surface area contributed by atoms with E-state index < -0.39 is 11.6 Å². The summed E-state index contributed by atoms with van der Waals surface area (Å²) >= 11 is 0. The maximum atomic E-state index is 14.0. The highest BCUT2D eigenvalue weighted by Crippen LogP contribution is 2.26. The fourth-order valence-corrected chi connectivity index (χ4v) is 3.53. The Morgan fingerprint density at radius 3 is 2.45 bits per heavy atom. The topological polar surface area (TPSA) is 60.0 Å². The molecule has 1 saturated heterocycles. The zero-order valence-electron chi connectivity index (χ0n) is 16.8. The molecule has 2 N–H and O–H groups in total. The Labute approximate surface area is 188 Å². The number of guanidine groups is 1. The first-order valence-electron chi connectivity index (χ1n) is 10.0. The number of piperazine rings is 1. The number of hydrogen-bond donors (Lipinski definition) is 2. The van der Waals surface area contributed by atoms with Crippen molar-refractivity contribution in [2.75, 3.05) is 51.2 Å². The van der Waals surface area contributed by atoms with Gasteiger partial charge < -0.3 is 20.4 Å². The van der Waals surface area contributed by atoms with Crippen LogP contribution in [0.4, 0.5) is 14.5 Å². The van der Waals surface area contributed by atoms with E-state index in [1.807, 2.05) is 4.90 Å². The number of rotatable bonds is 6. The lowest BCUT2D eigenvalue weighted by atomic mass is 9.85. The summed E-state index contributed by atoms with van der Waals surface area (Å²) in [5, 5.41) is 6.30. The first-order chi connectivity index (χ1) is 13.6. The lowest BCUT2D eigenvalue weighted by molar-refractivity contribution is -0.127. The molecule has 0 bridgehead atoms. The van der Waals surface area contributed by atoms with Gasteiger partial charge in [0, 0.05) is 58.3 Å². The highest BCUT2D eigenvalue weighted by molar-refractivity contribution is 14.0. The monoisotopic (exact) mass is 521 g/mol. The van der Waals surface area contributed by atoms with E-state index >= 15 is 0 Å². The quantitative estimate of drug-likeness (QED) is 0.262. The van der Waals surface area contributed by atoms with Crippen LogP contribution in [0.25, 0.3) is 0 Å². The van der Waals surface area contributed by atoms with Gasteiger partial charge in [0.1, 0.15) is 11.6 Å². The van der Waals surface area contributed by atoms with Crippen molar-refractivity contribution in [1.82, 2.24) is 15.5 Å². The summed E-state index contributed by atoms with van der Waals surface area (Å²) in [6.45, 7) is 3.92. The molecule has 3 rings (SSSR count). The van der Waals surface area contributed by atoms with Gasteiger partial charge in [-0.2, -0.15) is 0 Å². The molecule has 162 valence electrons. The van der Waals surface area contributed by atoms with E-state index in [4.69, 9.17) is 0 Å². The minimum Gasteiger partial charge on any atom is -0.366 e. The number of nitrogens with zero attached hydrogens (tertiary/aromatic N) is 3. The van der Waals surface area contributed by atoms with Gasteiger partial charge in [-0.25, -0.2) is 8.78 Å². The number of aliphatic imine (C=N–C) groups is 1. The molecule has 1 amide bonds.